The van der Waals surface area contributed by atoms with Crippen molar-refractivity contribution in [3.8, 4) is 5.75 Å². The highest BCUT2D eigenvalue weighted by molar-refractivity contribution is 5.98. The van der Waals surface area contributed by atoms with E-state index in [2.05, 4.69) is 5.32 Å². The van der Waals surface area contributed by atoms with Crippen LogP contribution in [-0.2, 0) is 0 Å². The molecular weight excluding hydrogens is 266 g/mol. The second-order valence-electron chi connectivity index (χ2n) is 4.23. The maximum atomic E-state index is 12.0. The fraction of sp³-hybridized carbons (Fsp3) is 0.417. The van der Waals surface area contributed by atoms with Crippen molar-refractivity contribution in [2.45, 2.75) is 19.1 Å². The Hall–Kier alpha value is -2.19. The van der Waals surface area contributed by atoms with Crippen LogP contribution >= 0.6 is 0 Å². The number of benzene rings is 1. The van der Waals surface area contributed by atoms with Crippen LogP contribution in [-0.4, -0.2) is 41.7 Å². The molecule has 0 aliphatic heterocycles. The highest BCUT2D eigenvalue weighted by Gasteiger charge is 2.22. The monoisotopic (exact) mass is 283 g/mol. The van der Waals surface area contributed by atoms with Gasteiger partial charge < -0.3 is 20.9 Å². The molecule has 2 unspecified atom stereocenters. The summed E-state index contributed by atoms with van der Waals surface area (Å²) in [5.41, 5.74) is 5.34. The van der Waals surface area contributed by atoms with Crippen molar-refractivity contribution < 1.29 is 19.6 Å². The molecular formula is C12H17N3O5. The van der Waals surface area contributed by atoms with Gasteiger partial charge in [0.25, 0.3) is 5.91 Å². The van der Waals surface area contributed by atoms with Crippen molar-refractivity contribution in [3.63, 3.8) is 0 Å². The fourth-order valence-corrected chi connectivity index (χ4v) is 1.54. The van der Waals surface area contributed by atoms with Crippen LogP contribution < -0.4 is 15.8 Å². The fourth-order valence-electron chi connectivity index (χ4n) is 1.54. The number of carbonyl (C=O) groups is 1. The topological polar surface area (TPSA) is 128 Å². The van der Waals surface area contributed by atoms with E-state index in [0.29, 0.717) is 0 Å². The summed E-state index contributed by atoms with van der Waals surface area (Å²) >= 11 is 0. The molecule has 4 N–H and O–H groups in total. The third kappa shape index (κ3) is 3.65. The zero-order chi connectivity index (χ0) is 15.3. The van der Waals surface area contributed by atoms with Crippen molar-refractivity contribution in [1.82, 2.24) is 5.32 Å². The van der Waals surface area contributed by atoms with Gasteiger partial charge in [0.2, 0.25) is 5.75 Å². The van der Waals surface area contributed by atoms with Gasteiger partial charge in [-0.15, -0.1) is 0 Å². The van der Waals surface area contributed by atoms with Crippen molar-refractivity contribution in [3.05, 3.63) is 33.9 Å². The zero-order valence-corrected chi connectivity index (χ0v) is 11.2. The van der Waals surface area contributed by atoms with Gasteiger partial charge in [-0.25, -0.2) is 0 Å². The molecule has 0 saturated carbocycles. The van der Waals surface area contributed by atoms with E-state index >= 15 is 0 Å². The molecule has 0 saturated heterocycles. The largest absolute Gasteiger partial charge is 0.490 e. The lowest BCUT2D eigenvalue weighted by atomic mass is 10.1. The molecule has 0 bridgehead atoms. The molecule has 1 aromatic carbocycles. The van der Waals surface area contributed by atoms with E-state index in [1.165, 1.54) is 32.2 Å². The molecule has 110 valence electrons. The number of carbonyl (C=O) groups excluding carboxylic acids is 1. The number of aliphatic hydroxyl groups excluding tert-OH is 1. The number of amides is 1. The molecule has 1 rings (SSSR count). The number of nitro benzene ring substituents is 1. The summed E-state index contributed by atoms with van der Waals surface area (Å²) in [5, 5.41) is 22.6. The van der Waals surface area contributed by atoms with Gasteiger partial charge in [0.15, 0.2) is 0 Å². The van der Waals surface area contributed by atoms with Gasteiger partial charge in [0, 0.05) is 18.7 Å². The van der Waals surface area contributed by atoms with Crippen LogP contribution in [0.25, 0.3) is 0 Å². The molecule has 1 amide bonds. The normalized spacial score (nSPS) is 13.4. The average molecular weight is 283 g/mol. The lowest BCUT2D eigenvalue weighted by molar-refractivity contribution is -0.385. The van der Waals surface area contributed by atoms with Crippen LogP contribution in [0.15, 0.2) is 18.2 Å². The summed E-state index contributed by atoms with van der Waals surface area (Å²) in [7, 11) is 1.25. The molecule has 0 aliphatic carbocycles. The number of nitrogens with one attached hydrogen (secondary N) is 1. The Bertz CT molecular complexity index is 504. The number of aliphatic hydroxyl groups is 1. The van der Waals surface area contributed by atoms with E-state index in [4.69, 9.17) is 10.5 Å². The molecule has 8 heteroatoms. The Morgan fingerprint density at radius 1 is 1.60 bits per heavy atom. The summed E-state index contributed by atoms with van der Waals surface area (Å²) in [4.78, 5) is 22.2. The van der Waals surface area contributed by atoms with Crippen LogP contribution in [0.3, 0.4) is 0 Å². The van der Waals surface area contributed by atoms with Gasteiger partial charge in [-0.3, -0.25) is 14.9 Å². The standard InChI is InChI=1S/C12H17N3O5/c1-7(16)9(13)6-14-12(17)8-4-3-5-10(15(18)19)11(8)20-2/h3-5,7,9,16H,6,13H2,1-2H3,(H,14,17). The molecule has 8 nitrogen and oxygen atoms in total. The SMILES string of the molecule is COc1c(C(=O)NCC(N)C(C)O)cccc1[N+](=O)[O-]. The number of para-hydroxylation sites is 1. The molecule has 0 aromatic heterocycles. The van der Waals surface area contributed by atoms with Gasteiger partial charge in [0.05, 0.1) is 23.7 Å². The highest BCUT2D eigenvalue weighted by atomic mass is 16.6. The van der Waals surface area contributed by atoms with Crippen LogP contribution in [0.1, 0.15) is 17.3 Å². The minimum atomic E-state index is -0.776. The first-order valence-corrected chi connectivity index (χ1v) is 5.91. The first kappa shape index (κ1) is 15.9. The van der Waals surface area contributed by atoms with Crippen LogP contribution in [0.4, 0.5) is 5.69 Å². The molecule has 0 radical (unpaired) electrons. The van der Waals surface area contributed by atoms with Crippen molar-refractivity contribution in [2.75, 3.05) is 13.7 Å². The van der Waals surface area contributed by atoms with Gasteiger partial charge >= 0.3 is 5.69 Å². The molecule has 0 spiro atoms. The van der Waals surface area contributed by atoms with E-state index in [1.54, 1.807) is 0 Å². The van der Waals surface area contributed by atoms with E-state index in [0.717, 1.165) is 0 Å². The summed E-state index contributed by atoms with van der Waals surface area (Å²) in [5.74, 6) is -0.665. The summed E-state index contributed by atoms with van der Waals surface area (Å²) in [6, 6.07) is 3.43. The Labute approximate surface area is 115 Å². The van der Waals surface area contributed by atoms with Gasteiger partial charge in [-0.1, -0.05) is 6.07 Å². The number of nitrogens with zero attached hydrogens (tertiary/aromatic N) is 1. The number of hydrogen-bond acceptors (Lipinski definition) is 6. The van der Waals surface area contributed by atoms with E-state index in [9.17, 15) is 20.0 Å². The third-order valence-corrected chi connectivity index (χ3v) is 2.76. The molecule has 20 heavy (non-hydrogen) atoms. The lowest BCUT2D eigenvalue weighted by Gasteiger charge is -2.16. The van der Waals surface area contributed by atoms with Crippen molar-refractivity contribution in [1.29, 1.82) is 0 Å². The molecule has 1 aromatic rings. The number of methoxy groups -OCH3 is 1. The summed E-state index contributed by atoms with van der Waals surface area (Å²) < 4.78 is 4.93. The third-order valence-electron chi connectivity index (χ3n) is 2.76. The van der Waals surface area contributed by atoms with Crippen LogP contribution in [0.2, 0.25) is 0 Å². The minimum absolute atomic E-state index is 0.0412. The molecule has 0 heterocycles. The quantitative estimate of drug-likeness (QED) is 0.499. The number of nitro groups is 1. The molecule has 0 fully saturated rings. The van der Waals surface area contributed by atoms with Crippen molar-refractivity contribution >= 4 is 11.6 Å². The van der Waals surface area contributed by atoms with E-state index < -0.39 is 23.0 Å². The Morgan fingerprint density at radius 2 is 2.25 bits per heavy atom. The number of hydrogen-bond donors (Lipinski definition) is 3. The van der Waals surface area contributed by atoms with Gasteiger partial charge in [-0.2, -0.15) is 0 Å². The van der Waals surface area contributed by atoms with Gasteiger partial charge in [-0.05, 0) is 13.0 Å². The minimum Gasteiger partial charge on any atom is -0.490 e. The number of rotatable bonds is 6. The first-order valence-electron chi connectivity index (χ1n) is 5.91. The maximum absolute atomic E-state index is 12.0. The first-order chi connectivity index (χ1) is 9.38. The zero-order valence-electron chi connectivity index (χ0n) is 11.2. The number of nitrogens with two attached hydrogens (primary N) is 1. The average Bonchev–Trinajstić information content (AvgIpc) is 2.42. The predicted molar refractivity (Wildman–Crippen MR) is 71.6 cm³/mol. The second kappa shape index (κ2) is 6.83. The van der Waals surface area contributed by atoms with E-state index in [1.807, 2.05) is 0 Å². The van der Waals surface area contributed by atoms with E-state index in [-0.39, 0.29) is 23.5 Å². The Kier molecular flexibility index (Phi) is 5.42. The van der Waals surface area contributed by atoms with Crippen molar-refractivity contribution in [2.24, 2.45) is 5.73 Å². The smallest absolute Gasteiger partial charge is 0.311 e. The van der Waals surface area contributed by atoms with Gasteiger partial charge in [0.1, 0.15) is 0 Å². The summed E-state index contributed by atoms with van der Waals surface area (Å²) in [6.07, 6.45) is -0.776. The Morgan fingerprint density at radius 3 is 2.75 bits per heavy atom. The number of ether oxygens (including phenoxy) is 1. The maximum Gasteiger partial charge on any atom is 0.311 e. The summed E-state index contributed by atoms with van der Waals surface area (Å²) in [6.45, 7) is 1.55. The molecule has 2 atom stereocenters. The highest BCUT2D eigenvalue weighted by Crippen LogP contribution is 2.30. The predicted octanol–water partition coefficient (Wildman–Crippen LogP) is 0.0413. The van der Waals surface area contributed by atoms with Crippen LogP contribution in [0.5, 0.6) is 5.75 Å². The lowest BCUT2D eigenvalue weighted by Crippen LogP contribution is -2.43. The Balaban J connectivity index is 2.93. The molecule has 0 aliphatic rings. The second-order valence-corrected chi connectivity index (χ2v) is 4.23. The van der Waals surface area contributed by atoms with Crippen LogP contribution in [0, 0.1) is 10.1 Å².